The third-order valence-electron chi connectivity index (χ3n) is 2.86. The Morgan fingerprint density at radius 3 is 2.42 bits per heavy atom. The molecule has 0 amide bonds. The number of aromatic nitrogens is 2. The van der Waals surface area contributed by atoms with Crippen LogP contribution in [0.5, 0.6) is 5.88 Å². The zero-order chi connectivity index (χ0) is 13.2. The number of halogens is 1. The SMILES string of the molecule is COc1nc(-c2ccc(F)cc2)nc2ccccc12. The Labute approximate surface area is 109 Å². The quantitative estimate of drug-likeness (QED) is 0.702. The van der Waals surface area contributed by atoms with E-state index in [1.807, 2.05) is 24.3 Å². The predicted molar refractivity (Wildman–Crippen MR) is 71.5 cm³/mol. The van der Waals surface area contributed by atoms with Gasteiger partial charge in [0.2, 0.25) is 5.88 Å². The van der Waals surface area contributed by atoms with Gasteiger partial charge < -0.3 is 4.74 Å². The molecule has 0 saturated heterocycles. The molecule has 4 heteroatoms. The molecule has 0 spiro atoms. The van der Waals surface area contributed by atoms with Crippen LogP contribution in [0.1, 0.15) is 0 Å². The second kappa shape index (κ2) is 4.65. The highest BCUT2D eigenvalue weighted by atomic mass is 19.1. The molecule has 0 fully saturated rings. The second-order valence-electron chi connectivity index (χ2n) is 4.08. The van der Waals surface area contributed by atoms with Gasteiger partial charge in [-0.2, -0.15) is 4.98 Å². The summed E-state index contributed by atoms with van der Waals surface area (Å²) in [5.74, 6) is 0.761. The lowest BCUT2D eigenvalue weighted by Crippen LogP contribution is -1.95. The highest BCUT2D eigenvalue weighted by Crippen LogP contribution is 2.26. The fourth-order valence-electron chi connectivity index (χ4n) is 1.93. The molecule has 2 aromatic carbocycles. The van der Waals surface area contributed by atoms with E-state index in [0.29, 0.717) is 11.7 Å². The van der Waals surface area contributed by atoms with Crippen LogP contribution in [0.3, 0.4) is 0 Å². The van der Waals surface area contributed by atoms with Gasteiger partial charge in [0.05, 0.1) is 18.0 Å². The molecule has 0 unspecified atom stereocenters. The van der Waals surface area contributed by atoms with E-state index in [4.69, 9.17) is 4.74 Å². The molecule has 0 aliphatic carbocycles. The normalized spacial score (nSPS) is 10.6. The van der Waals surface area contributed by atoms with Crippen LogP contribution in [0.2, 0.25) is 0 Å². The summed E-state index contributed by atoms with van der Waals surface area (Å²) in [5, 5.41) is 0.857. The topological polar surface area (TPSA) is 35.0 Å². The molecule has 94 valence electrons. The Hall–Kier alpha value is -2.49. The lowest BCUT2D eigenvalue weighted by Gasteiger charge is -2.07. The first kappa shape index (κ1) is 11.6. The number of methoxy groups -OCH3 is 1. The molecule has 3 aromatic rings. The van der Waals surface area contributed by atoms with Crippen molar-refractivity contribution in [3.05, 3.63) is 54.3 Å². The summed E-state index contributed by atoms with van der Waals surface area (Å²) in [5.41, 5.74) is 1.55. The number of hydrogen-bond acceptors (Lipinski definition) is 3. The number of hydrogen-bond donors (Lipinski definition) is 0. The Balaban J connectivity index is 2.22. The number of rotatable bonds is 2. The molecule has 0 saturated carbocycles. The van der Waals surface area contributed by atoms with E-state index in [1.54, 1.807) is 19.2 Å². The van der Waals surface area contributed by atoms with Gasteiger partial charge in [0, 0.05) is 5.56 Å². The first-order valence-corrected chi connectivity index (χ1v) is 5.84. The van der Waals surface area contributed by atoms with Gasteiger partial charge >= 0.3 is 0 Å². The molecule has 19 heavy (non-hydrogen) atoms. The van der Waals surface area contributed by atoms with Gasteiger partial charge in [-0.3, -0.25) is 0 Å². The van der Waals surface area contributed by atoms with Crippen molar-refractivity contribution in [1.29, 1.82) is 0 Å². The molecule has 0 aliphatic rings. The average molecular weight is 254 g/mol. The van der Waals surface area contributed by atoms with Crippen LogP contribution in [0, 0.1) is 5.82 Å². The first-order valence-electron chi connectivity index (χ1n) is 5.84. The van der Waals surface area contributed by atoms with E-state index in [2.05, 4.69) is 9.97 Å². The molecule has 1 aromatic heterocycles. The van der Waals surface area contributed by atoms with Gasteiger partial charge in [0.15, 0.2) is 5.82 Å². The zero-order valence-electron chi connectivity index (χ0n) is 10.3. The van der Waals surface area contributed by atoms with Crippen molar-refractivity contribution in [3.63, 3.8) is 0 Å². The van der Waals surface area contributed by atoms with Crippen molar-refractivity contribution in [3.8, 4) is 17.3 Å². The Kier molecular flexibility index (Phi) is 2.83. The van der Waals surface area contributed by atoms with Crippen molar-refractivity contribution < 1.29 is 9.13 Å². The highest BCUT2D eigenvalue weighted by Gasteiger charge is 2.09. The monoisotopic (exact) mass is 254 g/mol. The van der Waals surface area contributed by atoms with Crippen molar-refractivity contribution >= 4 is 10.9 Å². The second-order valence-corrected chi connectivity index (χ2v) is 4.08. The van der Waals surface area contributed by atoms with E-state index in [9.17, 15) is 4.39 Å². The fourth-order valence-corrected chi connectivity index (χ4v) is 1.93. The summed E-state index contributed by atoms with van der Waals surface area (Å²) in [4.78, 5) is 8.83. The molecule has 3 rings (SSSR count). The fraction of sp³-hybridized carbons (Fsp3) is 0.0667. The third kappa shape index (κ3) is 2.12. The third-order valence-corrected chi connectivity index (χ3v) is 2.86. The Morgan fingerprint density at radius 1 is 0.947 bits per heavy atom. The molecular formula is C15H11FN2O. The number of ether oxygens (including phenoxy) is 1. The standard InChI is InChI=1S/C15H11FN2O/c1-19-15-12-4-2-3-5-13(12)17-14(18-15)10-6-8-11(16)9-7-10/h2-9H,1H3. The largest absolute Gasteiger partial charge is 0.480 e. The smallest absolute Gasteiger partial charge is 0.224 e. The highest BCUT2D eigenvalue weighted by molar-refractivity contribution is 5.85. The van der Waals surface area contributed by atoms with Gasteiger partial charge in [0.1, 0.15) is 5.82 Å². The maximum atomic E-state index is 12.9. The molecule has 1 heterocycles. The van der Waals surface area contributed by atoms with E-state index in [0.717, 1.165) is 16.5 Å². The zero-order valence-corrected chi connectivity index (χ0v) is 10.3. The van der Waals surface area contributed by atoms with Crippen molar-refractivity contribution in [2.75, 3.05) is 7.11 Å². The molecule has 0 atom stereocenters. The molecular weight excluding hydrogens is 243 g/mol. The molecule has 0 bridgehead atoms. The lowest BCUT2D eigenvalue weighted by molar-refractivity contribution is 0.403. The molecule has 0 aliphatic heterocycles. The lowest BCUT2D eigenvalue weighted by atomic mass is 10.2. The van der Waals surface area contributed by atoms with Gasteiger partial charge in [-0.25, -0.2) is 9.37 Å². The summed E-state index contributed by atoms with van der Waals surface area (Å²) >= 11 is 0. The van der Waals surface area contributed by atoms with Gasteiger partial charge in [-0.05, 0) is 36.4 Å². The van der Waals surface area contributed by atoms with Crippen LogP contribution in [-0.2, 0) is 0 Å². The van der Waals surface area contributed by atoms with Gasteiger partial charge in [-0.1, -0.05) is 12.1 Å². The van der Waals surface area contributed by atoms with Crippen molar-refractivity contribution in [2.45, 2.75) is 0 Å². The Bertz CT molecular complexity index is 726. The minimum Gasteiger partial charge on any atom is -0.480 e. The summed E-state index contributed by atoms with van der Waals surface area (Å²) in [7, 11) is 1.57. The first-order chi connectivity index (χ1) is 9.28. The number of para-hydroxylation sites is 1. The van der Waals surface area contributed by atoms with Crippen LogP contribution in [-0.4, -0.2) is 17.1 Å². The average Bonchev–Trinajstić information content (AvgIpc) is 2.47. The molecule has 3 nitrogen and oxygen atoms in total. The summed E-state index contributed by atoms with van der Waals surface area (Å²) in [6.45, 7) is 0. The van der Waals surface area contributed by atoms with Gasteiger partial charge in [0.25, 0.3) is 0 Å². The summed E-state index contributed by atoms with van der Waals surface area (Å²) in [6.07, 6.45) is 0. The maximum Gasteiger partial charge on any atom is 0.224 e. The van der Waals surface area contributed by atoms with Crippen LogP contribution in [0.25, 0.3) is 22.3 Å². The molecule has 0 N–H and O–H groups in total. The predicted octanol–water partition coefficient (Wildman–Crippen LogP) is 3.44. The van der Waals surface area contributed by atoms with Crippen LogP contribution in [0.4, 0.5) is 4.39 Å². The van der Waals surface area contributed by atoms with E-state index in [-0.39, 0.29) is 5.82 Å². The number of nitrogens with zero attached hydrogens (tertiary/aromatic N) is 2. The molecule has 0 radical (unpaired) electrons. The van der Waals surface area contributed by atoms with E-state index < -0.39 is 0 Å². The van der Waals surface area contributed by atoms with Gasteiger partial charge in [-0.15, -0.1) is 0 Å². The van der Waals surface area contributed by atoms with E-state index >= 15 is 0 Å². The van der Waals surface area contributed by atoms with Crippen molar-refractivity contribution in [1.82, 2.24) is 9.97 Å². The minimum atomic E-state index is -0.281. The number of benzene rings is 2. The Morgan fingerprint density at radius 2 is 1.68 bits per heavy atom. The van der Waals surface area contributed by atoms with Crippen LogP contribution < -0.4 is 4.74 Å². The van der Waals surface area contributed by atoms with E-state index in [1.165, 1.54) is 12.1 Å². The minimum absolute atomic E-state index is 0.281. The summed E-state index contributed by atoms with van der Waals surface area (Å²) < 4.78 is 18.2. The van der Waals surface area contributed by atoms with Crippen molar-refractivity contribution in [2.24, 2.45) is 0 Å². The number of fused-ring (bicyclic) bond motifs is 1. The maximum absolute atomic E-state index is 12.9. The van der Waals surface area contributed by atoms with Crippen LogP contribution in [0.15, 0.2) is 48.5 Å². The summed E-state index contributed by atoms with van der Waals surface area (Å²) in [6, 6.07) is 13.7. The van der Waals surface area contributed by atoms with Crippen LogP contribution >= 0.6 is 0 Å².